The zero-order valence-electron chi connectivity index (χ0n) is 12.8. The molecule has 1 aliphatic heterocycles. The first kappa shape index (κ1) is 16.3. The number of rotatable bonds is 2. The normalized spacial score (nSPS) is 37.0. The van der Waals surface area contributed by atoms with E-state index in [9.17, 15) is 14.4 Å². The van der Waals surface area contributed by atoms with Crippen molar-refractivity contribution in [3.05, 3.63) is 29.8 Å². The fraction of sp³-hybridized carbons (Fsp3) is 0.471. The van der Waals surface area contributed by atoms with Gasteiger partial charge in [-0.05, 0) is 42.5 Å². The first-order valence-electron chi connectivity index (χ1n) is 7.80. The highest BCUT2D eigenvalue weighted by Crippen LogP contribution is 2.60. The van der Waals surface area contributed by atoms with Gasteiger partial charge in [0.15, 0.2) is 0 Å². The molecule has 2 bridgehead atoms. The molecule has 126 valence electrons. The van der Waals surface area contributed by atoms with E-state index >= 15 is 0 Å². The minimum atomic E-state index is -0.445. The third-order valence-corrected chi connectivity index (χ3v) is 8.74. The average Bonchev–Trinajstić information content (AvgIpc) is 3.19. The Kier molecular flexibility index (Phi) is 3.84. The number of esters is 1. The van der Waals surface area contributed by atoms with E-state index in [0.717, 1.165) is 6.42 Å². The maximum atomic E-state index is 12.9. The summed E-state index contributed by atoms with van der Waals surface area (Å²) in [5, 5.41) is 0. The number of carbonyl (C=O) groups is 3. The Balaban J connectivity index is 1.65. The maximum Gasteiger partial charge on any atom is 0.337 e. The Morgan fingerprint density at radius 3 is 2.00 bits per heavy atom. The molecule has 1 heterocycles. The van der Waals surface area contributed by atoms with Crippen LogP contribution in [0.15, 0.2) is 24.3 Å². The molecule has 0 aromatic heterocycles. The molecule has 0 N–H and O–H groups in total. The zero-order valence-corrected chi connectivity index (χ0v) is 16.0. The summed E-state index contributed by atoms with van der Waals surface area (Å²) in [4.78, 5) is 39.0. The average molecular weight is 457 g/mol. The second-order valence-corrected chi connectivity index (χ2v) is 8.67. The number of ether oxygens (including phenoxy) is 1. The third-order valence-electron chi connectivity index (χ3n) is 5.53. The fourth-order valence-electron chi connectivity index (χ4n) is 4.47. The van der Waals surface area contributed by atoms with Crippen LogP contribution in [0.3, 0.4) is 0 Å². The van der Waals surface area contributed by atoms with Crippen LogP contribution in [-0.2, 0) is 14.3 Å². The Bertz CT molecular complexity index is 703. The monoisotopic (exact) mass is 455 g/mol. The molecule has 2 amide bonds. The highest BCUT2D eigenvalue weighted by Gasteiger charge is 2.66. The number of halogens is 2. The number of imide groups is 1. The van der Waals surface area contributed by atoms with E-state index in [1.165, 1.54) is 12.0 Å². The van der Waals surface area contributed by atoms with Gasteiger partial charge in [0.05, 0.1) is 30.2 Å². The number of alkyl halides is 2. The highest BCUT2D eigenvalue weighted by atomic mass is 79.9. The van der Waals surface area contributed by atoms with Crippen molar-refractivity contribution in [3.63, 3.8) is 0 Å². The van der Waals surface area contributed by atoms with Crippen LogP contribution in [0.5, 0.6) is 0 Å². The molecule has 0 radical (unpaired) electrons. The maximum absolute atomic E-state index is 12.9. The lowest BCUT2D eigenvalue weighted by Crippen LogP contribution is -2.37. The van der Waals surface area contributed by atoms with Crippen LogP contribution in [0.25, 0.3) is 0 Å². The van der Waals surface area contributed by atoms with Crippen molar-refractivity contribution < 1.29 is 19.1 Å². The highest BCUT2D eigenvalue weighted by molar-refractivity contribution is 9.12. The Morgan fingerprint density at radius 1 is 1.04 bits per heavy atom. The molecule has 7 heteroatoms. The SMILES string of the molecule is COC(=O)c1ccc(N2C(=O)[C@@H]3[C@H]4C[C@@H]([C@H](Br)[C@H]4Br)[C@@H]3C2=O)cc1. The van der Waals surface area contributed by atoms with Crippen molar-refractivity contribution in [2.75, 3.05) is 12.0 Å². The second kappa shape index (κ2) is 5.66. The van der Waals surface area contributed by atoms with Crippen molar-refractivity contribution in [1.82, 2.24) is 0 Å². The van der Waals surface area contributed by atoms with Crippen molar-refractivity contribution >= 4 is 55.3 Å². The molecule has 0 unspecified atom stereocenters. The topological polar surface area (TPSA) is 63.7 Å². The lowest BCUT2D eigenvalue weighted by atomic mass is 9.81. The largest absolute Gasteiger partial charge is 0.465 e. The first-order valence-corrected chi connectivity index (χ1v) is 9.63. The van der Waals surface area contributed by atoms with Crippen molar-refractivity contribution in [1.29, 1.82) is 0 Å². The zero-order chi connectivity index (χ0) is 17.2. The lowest BCUT2D eigenvalue weighted by Gasteiger charge is -2.28. The van der Waals surface area contributed by atoms with Gasteiger partial charge in [-0.3, -0.25) is 14.5 Å². The summed E-state index contributed by atoms with van der Waals surface area (Å²) < 4.78 is 4.67. The molecule has 0 spiro atoms. The summed E-state index contributed by atoms with van der Waals surface area (Å²) in [7, 11) is 1.31. The van der Waals surface area contributed by atoms with Gasteiger partial charge < -0.3 is 4.74 Å². The van der Waals surface area contributed by atoms with Crippen molar-refractivity contribution in [2.24, 2.45) is 23.7 Å². The van der Waals surface area contributed by atoms with Crippen LogP contribution in [-0.4, -0.2) is 34.5 Å². The van der Waals surface area contributed by atoms with E-state index in [2.05, 4.69) is 36.6 Å². The van der Waals surface area contributed by atoms with Crippen molar-refractivity contribution in [3.8, 4) is 0 Å². The summed E-state index contributed by atoms with van der Waals surface area (Å²) >= 11 is 7.35. The molecule has 2 saturated carbocycles. The standard InChI is InChI=1S/C17H15Br2NO4/c1-24-17(23)7-2-4-8(5-3-7)20-15(21)11-9-6-10(12(11)16(20)22)14(19)13(9)18/h2-5,9-14H,6H2,1H3/t9-,10-,11-,12+,13+,14+/m1/s1. The summed E-state index contributed by atoms with van der Waals surface area (Å²) in [5.74, 6) is -0.763. The summed E-state index contributed by atoms with van der Waals surface area (Å²) in [5.41, 5.74) is 0.908. The fourth-order valence-corrected chi connectivity index (χ4v) is 6.34. The van der Waals surface area contributed by atoms with Crippen LogP contribution in [0.1, 0.15) is 16.8 Å². The second-order valence-electron chi connectivity index (χ2n) is 6.55. The van der Waals surface area contributed by atoms with E-state index in [1.807, 2.05) is 0 Å². The van der Waals surface area contributed by atoms with E-state index in [-0.39, 0.29) is 45.1 Å². The Hall–Kier alpha value is -1.21. The van der Waals surface area contributed by atoms with Gasteiger partial charge in [-0.2, -0.15) is 0 Å². The van der Waals surface area contributed by atoms with E-state index < -0.39 is 5.97 Å². The minimum Gasteiger partial charge on any atom is -0.465 e. The smallest absolute Gasteiger partial charge is 0.337 e. The number of anilines is 1. The number of hydrogen-bond acceptors (Lipinski definition) is 4. The van der Waals surface area contributed by atoms with E-state index in [4.69, 9.17) is 0 Å². The number of amides is 2. The molecular weight excluding hydrogens is 442 g/mol. The predicted molar refractivity (Wildman–Crippen MR) is 94.3 cm³/mol. The van der Waals surface area contributed by atoms with Gasteiger partial charge in [0.25, 0.3) is 0 Å². The molecule has 2 aliphatic carbocycles. The van der Waals surface area contributed by atoms with Gasteiger partial charge in [-0.1, -0.05) is 31.9 Å². The van der Waals surface area contributed by atoms with E-state index in [1.54, 1.807) is 24.3 Å². The molecule has 4 rings (SSSR count). The molecule has 1 aromatic rings. The van der Waals surface area contributed by atoms with E-state index in [0.29, 0.717) is 11.3 Å². The Labute approximate surface area is 156 Å². The van der Waals surface area contributed by atoms with Gasteiger partial charge in [-0.25, -0.2) is 4.79 Å². The first-order chi connectivity index (χ1) is 11.5. The quantitative estimate of drug-likeness (QED) is 0.390. The van der Waals surface area contributed by atoms with Crippen molar-refractivity contribution in [2.45, 2.75) is 16.1 Å². The molecule has 1 aromatic carbocycles. The summed E-state index contributed by atoms with van der Waals surface area (Å²) in [6.07, 6.45) is 0.910. The Morgan fingerprint density at radius 2 is 1.54 bits per heavy atom. The number of methoxy groups -OCH3 is 1. The number of carbonyl (C=O) groups excluding carboxylic acids is 3. The number of benzene rings is 1. The van der Waals surface area contributed by atoms with Gasteiger partial charge >= 0.3 is 5.97 Å². The third kappa shape index (κ3) is 2.07. The number of hydrogen-bond donors (Lipinski definition) is 0. The van der Waals surface area contributed by atoms with Gasteiger partial charge in [0.1, 0.15) is 0 Å². The molecule has 3 fully saturated rings. The predicted octanol–water partition coefficient (Wildman–Crippen LogP) is 2.76. The van der Waals surface area contributed by atoms with Gasteiger partial charge in [0.2, 0.25) is 11.8 Å². The van der Waals surface area contributed by atoms with Crippen LogP contribution in [0.4, 0.5) is 5.69 Å². The molecule has 6 atom stereocenters. The lowest BCUT2D eigenvalue weighted by molar-refractivity contribution is -0.123. The minimum absolute atomic E-state index is 0.118. The molecule has 5 nitrogen and oxygen atoms in total. The van der Waals surface area contributed by atoms with Gasteiger partial charge in [-0.15, -0.1) is 0 Å². The van der Waals surface area contributed by atoms with Crippen LogP contribution in [0, 0.1) is 23.7 Å². The number of nitrogens with zero attached hydrogens (tertiary/aromatic N) is 1. The summed E-state index contributed by atoms with van der Waals surface area (Å²) in [6.45, 7) is 0. The molecule has 24 heavy (non-hydrogen) atoms. The number of fused-ring (bicyclic) bond motifs is 5. The van der Waals surface area contributed by atoms with Crippen LogP contribution in [0.2, 0.25) is 0 Å². The summed E-state index contributed by atoms with van der Waals surface area (Å²) in [6, 6.07) is 6.40. The van der Waals surface area contributed by atoms with Crippen LogP contribution < -0.4 is 4.90 Å². The van der Waals surface area contributed by atoms with Crippen LogP contribution >= 0.6 is 31.9 Å². The molecular formula is C17H15Br2NO4. The molecule has 1 saturated heterocycles. The molecule has 3 aliphatic rings. The van der Waals surface area contributed by atoms with Gasteiger partial charge in [0, 0.05) is 9.65 Å².